The minimum Gasteiger partial charge on any atom is -0.496 e. The summed E-state index contributed by atoms with van der Waals surface area (Å²) in [6.45, 7) is 4.08. The average Bonchev–Trinajstić information content (AvgIpc) is 3.18. The molecule has 4 heteroatoms. The molecule has 0 spiro atoms. The smallest absolute Gasteiger partial charge is 0.242 e. The Morgan fingerprint density at radius 2 is 2.05 bits per heavy atom. The van der Waals surface area contributed by atoms with Gasteiger partial charge in [0.05, 0.1) is 12.6 Å². The number of benzene rings is 1. The molecule has 104 valence electrons. The molecular weight excluding hydrogens is 240 g/mol. The van der Waals surface area contributed by atoms with Crippen LogP contribution < -0.4 is 10.5 Å². The van der Waals surface area contributed by atoms with E-state index in [1.165, 1.54) is 0 Å². The van der Waals surface area contributed by atoms with Crippen LogP contribution in [0.3, 0.4) is 0 Å². The molecule has 1 fully saturated rings. The fourth-order valence-corrected chi connectivity index (χ4v) is 2.14. The van der Waals surface area contributed by atoms with Crippen molar-refractivity contribution in [1.29, 1.82) is 0 Å². The van der Waals surface area contributed by atoms with E-state index in [0.717, 1.165) is 24.2 Å². The number of nitrogens with zero attached hydrogens (tertiary/aromatic N) is 1. The summed E-state index contributed by atoms with van der Waals surface area (Å²) in [4.78, 5) is 14.3. The van der Waals surface area contributed by atoms with Gasteiger partial charge in [0, 0.05) is 18.2 Å². The van der Waals surface area contributed by atoms with Crippen molar-refractivity contribution in [3.05, 3.63) is 29.8 Å². The molecule has 0 saturated heterocycles. The van der Waals surface area contributed by atoms with Gasteiger partial charge in [-0.05, 0) is 32.8 Å². The lowest BCUT2D eigenvalue weighted by Crippen LogP contribution is -2.51. The highest BCUT2D eigenvalue weighted by Crippen LogP contribution is 2.31. The van der Waals surface area contributed by atoms with E-state index < -0.39 is 5.54 Å². The first-order chi connectivity index (χ1) is 8.93. The first-order valence-corrected chi connectivity index (χ1v) is 6.65. The third-order valence-electron chi connectivity index (χ3n) is 3.33. The monoisotopic (exact) mass is 262 g/mol. The number of amides is 1. The zero-order valence-electron chi connectivity index (χ0n) is 11.8. The number of hydrogen-bond acceptors (Lipinski definition) is 3. The number of hydrogen-bond donors (Lipinski definition) is 1. The Balaban J connectivity index is 2.20. The van der Waals surface area contributed by atoms with Crippen molar-refractivity contribution >= 4 is 5.91 Å². The molecule has 19 heavy (non-hydrogen) atoms. The molecule has 0 heterocycles. The Hall–Kier alpha value is -1.55. The lowest BCUT2D eigenvalue weighted by molar-refractivity contribution is -0.137. The maximum absolute atomic E-state index is 12.4. The zero-order chi connectivity index (χ0) is 14.0. The van der Waals surface area contributed by atoms with Crippen LogP contribution in [-0.4, -0.2) is 29.5 Å². The minimum absolute atomic E-state index is 0.000839. The summed E-state index contributed by atoms with van der Waals surface area (Å²) in [6, 6.07) is 8.13. The molecule has 1 amide bonds. The fraction of sp³-hybridized carbons (Fsp3) is 0.533. The van der Waals surface area contributed by atoms with Gasteiger partial charge in [0.15, 0.2) is 0 Å². The maximum atomic E-state index is 12.4. The minimum atomic E-state index is -0.829. The van der Waals surface area contributed by atoms with Crippen LogP contribution in [0.25, 0.3) is 0 Å². The number of rotatable bonds is 5. The van der Waals surface area contributed by atoms with Crippen LogP contribution in [0.1, 0.15) is 32.3 Å². The van der Waals surface area contributed by atoms with Gasteiger partial charge in [-0.15, -0.1) is 0 Å². The molecule has 0 bridgehead atoms. The summed E-state index contributed by atoms with van der Waals surface area (Å²) >= 11 is 0. The van der Waals surface area contributed by atoms with Crippen molar-refractivity contribution in [3.8, 4) is 5.75 Å². The Morgan fingerprint density at radius 3 is 2.58 bits per heavy atom. The Morgan fingerprint density at radius 1 is 1.42 bits per heavy atom. The number of nitrogens with two attached hydrogens (primary N) is 1. The molecule has 1 aromatic carbocycles. The summed E-state index contributed by atoms with van der Waals surface area (Å²) in [6.07, 6.45) is 2.13. The largest absolute Gasteiger partial charge is 0.496 e. The summed E-state index contributed by atoms with van der Waals surface area (Å²) in [5, 5.41) is 0. The number of ether oxygens (including phenoxy) is 1. The second kappa shape index (κ2) is 5.21. The number of carbonyl (C=O) groups is 1. The molecule has 4 nitrogen and oxygen atoms in total. The lowest BCUT2D eigenvalue weighted by Gasteiger charge is -2.30. The van der Waals surface area contributed by atoms with Crippen LogP contribution in [0.2, 0.25) is 0 Å². The van der Waals surface area contributed by atoms with Crippen LogP contribution in [0.5, 0.6) is 5.75 Å². The molecule has 1 aliphatic rings. The van der Waals surface area contributed by atoms with E-state index >= 15 is 0 Å². The summed E-state index contributed by atoms with van der Waals surface area (Å²) in [5.41, 5.74) is 6.14. The van der Waals surface area contributed by atoms with E-state index in [9.17, 15) is 4.79 Å². The van der Waals surface area contributed by atoms with Crippen molar-refractivity contribution in [3.63, 3.8) is 0 Å². The quantitative estimate of drug-likeness (QED) is 0.882. The second-order valence-electron chi connectivity index (χ2n) is 5.70. The van der Waals surface area contributed by atoms with Crippen LogP contribution in [0.4, 0.5) is 0 Å². The van der Waals surface area contributed by atoms with Crippen molar-refractivity contribution in [2.24, 2.45) is 5.73 Å². The maximum Gasteiger partial charge on any atom is 0.242 e. The predicted octanol–water partition coefficient (Wildman–Crippen LogP) is 1.92. The van der Waals surface area contributed by atoms with Crippen LogP contribution in [0.15, 0.2) is 24.3 Å². The molecular formula is C15H22N2O2. The second-order valence-corrected chi connectivity index (χ2v) is 5.70. The van der Waals surface area contributed by atoms with Crippen LogP contribution in [-0.2, 0) is 11.3 Å². The third kappa shape index (κ3) is 3.26. The van der Waals surface area contributed by atoms with E-state index in [1.54, 1.807) is 21.0 Å². The van der Waals surface area contributed by atoms with Gasteiger partial charge >= 0.3 is 0 Å². The van der Waals surface area contributed by atoms with Gasteiger partial charge in [-0.25, -0.2) is 0 Å². The average molecular weight is 262 g/mol. The molecule has 2 rings (SSSR count). The standard InChI is InChI=1S/C15H22N2O2/c1-15(2,16)14(18)17(12-8-9-12)10-11-6-4-5-7-13(11)19-3/h4-7,12H,8-10,16H2,1-3H3. The summed E-state index contributed by atoms with van der Waals surface area (Å²) in [7, 11) is 1.65. The van der Waals surface area contributed by atoms with Gasteiger partial charge in [0.1, 0.15) is 5.75 Å². The van der Waals surface area contributed by atoms with Crippen molar-refractivity contribution in [2.45, 2.75) is 44.8 Å². The molecule has 1 aliphatic carbocycles. The van der Waals surface area contributed by atoms with Gasteiger partial charge in [0.25, 0.3) is 0 Å². The number of methoxy groups -OCH3 is 1. The SMILES string of the molecule is COc1ccccc1CN(C(=O)C(C)(C)N)C1CC1. The highest BCUT2D eigenvalue weighted by molar-refractivity contribution is 5.85. The van der Waals surface area contributed by atoms with E-state index in [2.05, 4.69) is 0 Å². The Bertz CT molecular complexity index is 461. The van der Waals surface area contributed by atoms with E-state index in [1.807, 2.05) is 29.2 Å². The van der Waals surface area contributed by atoms with Crippen molar-refractivity contribution < 1.29 is 9.53 Å². The Kier molecular flexibility index (Phi) is 3.80. The van der Waals surface area contributed by atoms with Gasteiger partial charge in [-0.2, -0.15) is 0 Å². The molecule has 0 aromatic heterocycles. The third-order valence-corrected chi connectivity index (χ3v) is 3.33. The molecule has 0 aliphatic heterocycles. The highest BCUT2D eigenvalue weighted by Gasteiger charge is 2.37. The predicted molar refractivity (Wildman–Crippen MR) is 74.8 cm³/mol. The molecule has 0 radical (unpaired) electrons. The van der Waals surface area contributed by atoms with Gasteiger partial charge in [-0.3, -0.25) is 4.79 Å². The molecule has 0 unspecified atom stereocenters. The fourth-order valence-electron chi connectivity index (χ4n) is 2.14. The molecule has 2 N–H and O–H groups in total. The molecule has 1 aromatic rings. The topological polar surface area (TPSA) is 55.6 Å². The van der Waals surface area contributed by atoms with E-state index in [4.69, 9.17) is 10.5 Å². The Labute approximate surface area is 114 Å². The van der Waals surface area contributed by atoms with Crippen LogP contribution >= 0.6 is 0 Å². The van der Waals surface area contributed by atoms with Gasteiger partial charge in [0.2, 0.25) is 5.91 Å². The summed E-state index contributed by atoms with van der Waals surface area (Å²) in [5.74, 6) is 0.816. The number of para-hydroxylation sites is 1. The summed E-state index contributed by atoms with van der Waals surface area (Å²) < 4.78 is 5.34. The highest BCUT2D eigenvalue weighted by atomic mass is 16.5. The zero-order valence-corrected chi connectivity index (χ0v) is 11.8. The first-order valence-electron chi connectivity index (χ1n) is 6.65. The normalized spacial score (nSPS) is 15.2. The van der Waals surface area contributed by atoms with E-state index in [0.29, 0.717) is 12.6 Å². The van der Waals surface area contributed by atoms with Gasteiger partial charge in [-0.1, -0.05) is 18.2 Å². The van der Waals surface area contributed by atoms with Crippen molar-refractivity contribution in [2.75, 3.05) is 7.11 Å². The van der Waals surface area contributed by atoms with Crippen LogP contribution in [0, 0.1) is 0 Å². The number of carbonyl (C=O) groups excluding carboxylic acids is 1. The molecule has 1 saturated carbocycles. The van der Waals surface area contributed by atoms with Crippen molar-refractivity contribution in [1.82, 2.24) is 4.90 Å². The van der Waals surface area contributed by atoms with Gasteiger partial charge < -0.3 is 15.4 Å². The lowest BCUT2D eigenvalue weighted by atomic mass is 10.0. The van der Waals surface area contributed by atoms with E-state index in [-0.39, 0.29) is 5.91 Å². The first kappa shape index (κ1) is 13.9. The molecule has 0 atom stereocenters.